The van der Waals surface area contributed by atoms with Crippen LogP contribution in [0, 0.1) is 11.8 Å². The highest BCUT2D eigenvalue weighted by atomic mass is 16.3. The summed E-state index contributed by atoms with van der Waals surface area (Å²) >= 11 is 0. The Balaban J connectivity index is 1.72. The van der Waals surface area contributed by atoms with Crippen molar-refractivity contribution < 1.29 is 5.11 Å². The van der Waals surface area contributed by atoms with Gasteiger partial charge in [-0.3, -0.25) is 4.90 Å². The second-order valence-electron chi connectivity index (χ2n) is 7.45. The van der Waals surface area contributed by atoms with Crippen LogP contribution in [0.2, 0.25) is 0 Å². The lowest BCUT2D eigenvalue weighted by atomic mass is 9.64. The molecule has 1 aromatic heterocycles. The predicted octanol–water partition coefficient (Wildman–Crippen LogP) is 3.03. The molecule has 1 N–H and O–H groups in total. The lowest BCUT2D eigenvalue weighted by Crippen LogP contribution is -2.61. The van der Waals surface area contributed by atoms with Crippen molar-refractivity contribution in [2.45, 2.75) is 31.8 Å². The first-order chi connectivity index (χ1) is 11.2. The van der Waals surface area contributed by atoms with Gasteiger partial charge in [-0.2, -0.15) is 0 Å². The molecule has 3 saturated heterocycles. The Hall–Kier alpha value is -1.58. The largest absolute Gasteiger partial charge is 0.396 e. The standard InChI is InChI=1S/C20H24N2O/c1-3-12-10-22-18-9-15-13-6-4-5-7-17(13)21(2)20(15)19(22)8-14(12)16(18)11-23/h3-7,14,16,18-19,23H,8-11H2,1-2H3/b12-3-/t14-,16?,18+,19+/m1/s1. The third kappa shape index (κ3) is 1.62. The number of allylic oxidation sites excluding steroid dienone is 1. The zero-order chi connectivity index (χ0) is 15.7. The summed E-state index contributed by atoms with van der Waals surface area (Å²) in [7, 11) is 2.23. The summed E-state index contributed by atoms with van der Waals surface area (Å²) in [5.74, 6) is 0.967. The molecule has 120 valence electrons. The maximum absolute atomic E-state index is 10.0. The number of para-hydroxylation sites is 1. The van der Waals surface area contributed by atoms with Gasteiger partial charge < -0.3 is 9.67 Å². The zero-order valence-corrected chi connectivity index (χ0v) is 13.9. The lowest BCUT2D eigenvalue weighted by molar-refractivity contribution is -0.0513. The van der Waals surface area contributed by atoms with Crippen LogP contribution in [0.15, 0.2) is 35.9 Å². The summed E-state index contributed by atoms with van der Waals surface area (Å²) in [6.45, 7) is 3.56. The number of hydrogen-bond donors (Lipinski definition) is 1. The van der Waals surface area contributed by atoms with Gasteiger partial charge in [0.25, 0.3) is 0 Å². The van der Waals surface area contributed by atoms with Crippen molar-refractivity contribution >= 4 is 10.9 Å². The topological polar surface area (TPSA) is 28.4 Å². The number of piperidine rings is 3. The summed E-state index contributed by atoms with van der Waals surface area (Å²) in [6.07, 6.45) is 4.54. The van der Waals surface area contributed by atoms with Gasteiger partial charge in [-0.05, 0) is 37.3 Å². The van der Waals surface area contributed by atoms with Gasteiger partial charge in [0.15, 0.2) is 0 Å². The number of nitrogens with zero attached hydrogens (tertiary/aromatic N) is 2. The maximum atomic E-state index is 10.0. The molecular formula is C20H24N2O. The lowest BCUT2D eigenvalue weighted by Gasteiger charge is -2.58. The van der Waals surface area contributed by atoms with Crippen LogP contribution in [0.25, 0.3) is 10.9 Å². The number of aryl methyl sites for hydroxylation is 1. The molecule has 5 heterocycles. The Morgan fingerprint density at radius 1 is 1.30 bits per heavy atom. The molecule has 4 aliphatic rings. The van der Waals surface area contributed by atoms with Gasteiger partial charge in [0, 0.05) is 48.8 Å². The number of benzene rings is 1. The van der Waals surface area contributed by atoms with E-state index < -0.39 is 0 Å². The molecule has 0 radical (unpaired) electrons. The number of aromatic nitrogens is 1. The quantitative estimate of drug-likeness (QED) is 0.820. The molecular weight excluding hydrogens is 284 g/mol. The van der Waals surface area contributed by atoms with Gasteiger partial charge >= 0.3 is 0 Å². The summed E-state index contributed by atoms with van der Waals surface area (Å²) in [4.78, 5) is 2.68. The van der Waals surface area contributed by atoms with E-state index in [1.807, 2.05) is 0 Å². The highest BCUT2D eigenvalue weighted by Crippen LogP contribution is 2.54. The average molecular weight is 308 g/mol. The van der Waals surface area contributed by atoms with Crippen LogP contribution in [0.1, 0.15) is 30.6 Å². The van der Waals surface area contributed by atoms with E-state index in [0.29, 0.717) is 30.5 Å². The van der Waals surface area contributed by atoms with Crippen molar-refractivity contribution in [2.24, 2.45) is 18.9 Å². The smallest absolute Gasteiger partial charge is 0.0515 e. The first-order valence-corrected chi connectivity index (χ1v) is 8.82. The van der Waals surface area contributed by atoms with E-state index in [0.717, 1.165) is 13.0 Å². The molecule has 4 bridgehead atoms. The fourth-order valence-corrected chi connectivity index (χ4v) is 5.71. The van der Waals surface area contributed by atoms with Crippen molar-refractivity contribution in [3.05, 3.63) is 47.2 Å². The van der Waals surface area contributed by atoms with E-state index in [1.165, 1.54) is 28.6 Å². The number of hydrogen-bond acceptors (Lipinski definition) is 2. The van der Waals surface area contributed by atoms with Gasteiger partial charge in [-0.15, -0.1) is 0 Å². The zero-order valence-electron chi connectivity index (χ0n) is 13.9. The molecule has 4 aliphatic heterocycles. The normalized spacial score (nSPS) is 36.7. The summed E-state index contributed by atoms with van der Waals surface area (Å²) in [5, 5.41) is 11.5. The number of aliphatic hydroxyl groups excluding tert-OH is 1. The molecule has 2 aromatic rings. The first-order valence-electron chi connectivity index (χ1n) is 8.82. The second-order valence-corrected chi connectivity index (χ2v) is 7.45. The van der Waals surface area contributed by atoms with Gasteiger partial charge in [0.2, 0.25) is 0 Å². The molecule has 6 rings (SSSR count). The molecule has 5 atom stereocenters. The van der Waals surface area contributed by atoms with Crippen LogP contribution >= 0.6 is 0 Å². The van der Waals surface area contributed by atoms with Crippen LogP contribution < -0.4 is 0 Å². The Kier molecular flexibility index (Phi) is 2.83. The molecule has 23 heavy (non-hydrogen) atoms. The van der Waals surface area contributed by atoms with Crippen LogP contribution in [0.4, 0.5) is 0 Å². The molecule has 3 fully saturated rings. The third-order valence-corrected chi connectivity index (χ3v) is 6.73. The van der Waals surface area contributed by atoms with Crippen molar-refractivity contribution in [2.75, 3.05) is 13.2 Å². The minimum Gasteiger partial charge on any atom is -0.396 e. The third-order valence-electron chi connectivity index (χ3n) is 6.73. The van der Waals surface area contributed by atoms with Crippen LogP contribution in [-0.2, 0) is 13.5 Å². The summed E-state index contributed by atoms with van der Waals surface area (Å²) < 4.78 is 2.43. The van der Waals surface area contributed by atoms with Crippen molar-refractivity contribution in [3.8, 4) is 0 Å². The van der Waals surface area contributed by atoms with Gasteiger partial charge in [0.05, 0.1) is 6.04 Å². The highest BCUT2D eigenvalue weighted by Gasteiger charge is 2.52. The molecule has 3 heteroatoms. The van der Waals surface area contributed by atoms with Crippen molar-refractivity contribution in [3.63, 3.8) is 0 Å². The Morgan fingerprint density at radius 2 is 2.13 bits per heavy atom. The maximum Gasteiger partial charge on any atom is 0.0515 e. The number of rotatable bonds is 1. The van der Waals surface area contributed by atoms with E-state index in [4.69, 9.17) is 0 Å². The van der Waals surface area contributed by atoms with Gasteiger partial charge in [0.1, 0.15) is 0 Å². The van der Waals surface area contributed by atoms with Gasteiger partial charge in [-0.1, -0.05) is 29.8 Å². The molecule has 3 nitrogen and oxygen atoms in total. The van der Waals surface area contributed by atoms with E-state index in [2.05, 4.69) is 53.8 Å². The van der Waals surface area contributed by atoms with E-state index in [1.54, 1.807) is 5.57 Å². The minimum atomic E-state index is 0.315. The molecule has 0 saturated carbocycles. The molecule has 1 aromatic carbocycles. The van der Waals surface area contributed by atoms with Crippen molar-refractivity contribution in [1.29, 1.82) is 0 Å². The van der Waals surface area contributed by atoms with E-state index in [9.17, 15) is 5.11 Å². The second kappa shape index (κ2) is 4.71. The Bertz CT molecular complexity index is 818. The average Bonchev–Trinajstić information content (AvgIpc) is 2.87. The van der Waals surface area contributed by atoms with E-state index >= 15 is 0 Å². The Morgan fingerprint density at radius 3 is 2.91 bits per heavy atom. The van der Waals surface area contributed by atoms with Crippen LogP contribution in [0.3, 0.4) is 0 Å². The first kappa shape index (κ1) is 13.8. The highest BCUT2D eigenvalue weighted by molar-refractivity contribution is 5.86. The number of fused-ring (bicyclic) bond motifs is 4. The van der Waals surface area contributed by atoms with Crippen LogP contribution in [-0.4, -0.2) is 33.8 Å². The SMILES string of the molecule is C/C=C1/CN2[C@H]3C[C@H]1C(CO)[C@@H]2Cc1c3n(C)c2ccccc12. The van der Waals surface area contributed by atoms with E-state index in [-0.39, 0.29) is 0 Å². The summed E-state index contributed by atoms with van der Waals surface area (Å²) in [6, 6.07) is 9.84. The number of aliphatic hydroxyl groups is 1. The molecule has 0 amide bonds. The fraction of sp³-hybridized carbons (Fsp3) is 0.500. The fourth-order valence-electron chi connectivity index (χ4n) is 5.71. The van der Waals surface area contributed by atoms with Crippen molar-refractivity contribution in [1.82, 2.24) is 9.47 Å². The minimum absolute atomic E-state index is 0.315. The van der Waals surface area contributed by atoms with Gasteiger partial charge in [-0.25, -0.2) is 0 Å². The predicted molar refractivity (Wildman–Crippen MR) is 92.3 cm³/mol. The molecule has 2 unspecified atom stereocenters. The molecule has 0 spiro atoms. The summed E-state index contributed by atoms with van der Waals surface area (Å²) in [5.41, 5.74) is 5.96. The molecule has 0 aliphatic carbocycles. The Labute approximate surface area is 137 Å². The van der Waals surface area contributed by atoms with Crippen LogP contribution in [0.5, 0.6) is 0 Å². The monoisotopic (exact) mass is 308 g/mol.